The molecule has 0 aliphatic heterocycles. The van der Waals surface area contributed by atoms with E-state index in [0.29, 0.717) is 0 Å². The summed E-state index contributed by atoms with van der Waals surface area (Å²) in [7, 11) is 1.89. The van der Waals surface area contributed by atoms with E-state index in [1.807, 2.05) is 42.8 Å². The number of hydrogen-bond donors (Lipinski definition) is 1. The number of carbonyl (C=O) groups is 1. The predicted octanol–water partition coefficient (Wildman–Crippen LogP) is 3.46. The Bertz CT molecular complexity index is 536. The van der Waals surface area contributed by atoms with E-state index in [0.717, 1.165) is 27.0 Å². The molecule has 0 saturated carbocycles. The highest BCUT2D eigenvalue weighted by atomic mass is 79.9. The smallest absolute Gasteiger partial charge is 0.202 e. The minimum atomic E-state index is 0.0821. The molecule has 4 heteroatoms. The molecule has 0 bridgehead atoms. The Balaban J connectivity index is 2.27. The zero-order valence-corrected chi connectivity index (χ0v) is 11.8. The lowest BCUT2D eigenvalue weighted by molar-refractivity contribution is 0.104. The summed E-state index contributed by atoms with van der Waals surface area (Å²) in [6, 6.07) is 9.58. The first-order valence-corrected chi connectivity index (χ1v) is 6.90. The molecule has 2 rings (SSSR count). The SMILES string of the molecule is CNCc1cccc(C(=O)c2cc(Br)cs2)c1. The number of carbonyl (C=O) groups excluding carboxylic acids is 1. The maximum atomic E-state index is 12.2. The Morgan fingerprint density at radius 2 is 2.24 bits per heavy atom. The minimum Gasteiger partial charge on any atom is -0.316 e. The molecule has 0 fully saturated rings. The van der Waals surface area contributed by atoms with Gasteiger partial charge in [0.25, 0.3) is 0 Å². The van der Waals surface area contributed by atoms with Crippen molar-refractivity contribution in [2.75, 3.05) is 7.05 Å². The second kappa shape index (κ2) is 5.58. The van der Waals surface area contributed by atoms with Gasteiger partial charge in [-0.05, 0) is 40.7 Å². The Morgan fingerprint density at radius 3 is 2.88 bits per heavy atom. The fourth-order valence-electron chi connectivity index (χ4n) is 1.60. The van der Waals surface area contributed by atoms with Gasteiger partial charge in [0.1, 0.15) is 0 Å². The Labute approximate surface area is 113 Å². The van der Waals surface area contributed by atoms with Crippen LogP contribution in [-0.2, 0) is 6.54 Å². The zero-order chi connectivity index (χ0) is 12.3. The quantitative estimate of drug-likeness (QED) is 0.876. The normalized spacial score (nSPS) is 10.5. The summed E-state index contributed by atoms with van der Waals surface area (Å²) in [5.41, 5.74) is 1.86. The fraction of sp³-hybridized carbons (Fsp3) is 0.154. The molecule has 0 aliphatic carbocycles. The van der Waals surface area contributed by atoms with Crippen LogP contribution in [0, 0.1) is 0 Å². The van der Waals surface area contributed by atoms with E-state index in [2.05, 4.69) is 21.2 Å². The van der Waals surface area contributed by atoms with Gasteiger partial charge in [0.2, 0.25) is 5.78 Å². The maximum Gasteiger partial charge on any atom is 0.202 e. The Morgan fingerprint density at radius 1 is 1.41 bits per heavy atom. The van der Waals surface area contributed by atoms with Gasteiger partial charge in [-0.25, -0.2) is 0 Å². The van der Waals surface area contributed by atoms with Crippen LogP contribution in [0.2, 0.25) is 0 Å². The molecular formula is C13H12BrNOS. The van der Waals surface area contributed by atoms with E-state index in [-0.39, 0.29) is 5.78 Å². The van der Waals surface area contributed by atoms with Crippen molar-refractivity contribution >= 4 is 33.0 Å². The molecular weight excluding hydrogens is 298 g/mol. The number of benzene rings is 1. The van der Waals surface area contributed by atoms with Crippen LogP contribution in [0.5, 0.6) is 0 Å². The predicted molar refractivity (Wildman–Crippen MR) is 74.7 cm³/mol. The molecule has 1 aromatic heterocycles. The summed E-state index contributed by atoms with van der Waals surface area (Å²) in [4.78, 5) is 12.9. The molecule has 0 amide bonds. The molecule has 2 nitrogen and oxygen atoms in total. The van der Waals surface area contributed by atoms with Crippen LogP contribution in [-0.4, -0.2) is 12.8 Å². The van der Waals surface area contributed by atoms with Gasteiger partial charge >= 0.3 is 0 Å². The molecule has 17 heavy (non-hydrogen) atoms. The molecule has 0 unspecified atom stereocenters. The topological polar surface area (TPSA) is 29.1 Å². The first kappa shape index (κ1) is 12.5. The third-order valence-electron chi connectivity index (χ3n) is 2.36. The van der Waals surface area contributed by atoms with Crippen molar-refractivity contribution in [1.82, 2.24) is 5.32 Å². The van der Waals surface area contributed by atoms with Crippen molar-refractivity contribution in [2.45, 2.75) is 6.54 Å². The monoisotopic (exact) mass is 309 g/mol. The minimum absolute atomic E-state index is 0.0821. The van der Waals surface area contributed by atoms with Gasteiger partial charge < -0.3 is 5.32 Å². The molecule has 2 aromatic rings. The largest absolute Gasteiger partial charge is 0.316 e. The van der Waals surface area contributed by atoms with Crippen LogP contribution < -0.4 is 5.32 Å². The maximum absolute atomic E-state index is 12.2. The van der Waals surface area contributed by atoms with Crippen molar-refractivity contribution in [2.24, 2.45) is 0 Å². The summed E-state index contributed by atoms with van der Waals surface area (Å²) >= 11 is 4.82. The summed E-state index contributed by atoms with van der Waals surface area (Å²) in [6.45, 7) is 0.773. The molecule has 88 valence electrons. The average molecular weight is 310 g/mol. The highest BCUT2D eigenvalue weighted by Crippen LogP contribution is 2.22. The van der Waals surface area contributed by atoms with Crippen LogP contribution in [0.3, 0.4) is 0 Å². The molecule has 1 heterocycles. The number of rotatable bonds is 4. The van der Waals surface area contributed by atoms with E-state index in [1.54, 1.807) is 0 Å². The van der Waals surface area contributed by atoms with Gasteiger partial charge in [0, 0.05) is 22.0 Å². The number of thiophene rings is 1. The van der Waals surface area contributed by atoms with Crippen LogP contribution in [0.1, 0.15) is 20.8 Å². The van der Waals surface area contributed by atoms with Crippen molar-refractivity contribution < 1.29 is 4.79 Å². The summed E-state index contributed by atoms with van der Waals surface area (Å²) in [5, 5.41) is 5.00. The van der Waals surface area contributed by atoms with E-state index >= 15 is 0 Å². The van der Waals surface area contributed by atoms with Crippen LogP contribution >= 0.6 is 27.3 Å². The molecule has 0 aliphatic rings. The van der Waals surface area contributed by atoms with Crippen molar-refractivity contribution in [3.63, 3.8) is 0 Å². The van der Waals surface area contributed by atoms with Gasteiger partial charge in [-0.1, -0.05) is 18.2 Å². The Kier molecular flexibility index (Phi) is 4.10. The van der Waals surface area contributed by atoms with Gasteiger partial charge in [-0.3, -0.25) is 4.79 Å². The van der Waals surface area contributed by atoms with Gasteiger partial charge in [-0.2, -0.15) is 0 Å². The zero-order valence-electron chi connectivity index (χ0n) is 9.37. The number of hydrogen-bond acceptors (Lipinski definition) is 3. The van der Waals surface area contributed by atoms with Crippen molar-refractivity contribution in [3.05, 3.63) is 56.2 Å². The first-order chi connectivity index (χ1) is 8.20. The summed E-state index contributed by atoms with van der Waals surface area (Å²) in [5.74, 6) is 0.0821. The lowest BCUT2D eigenvalue weighted by Crippen LogP contribution is -2.06. The molecule has 1 aromatic carbocycles. The van der Waals surface area contributed by atoms with Crippen LogP contribution in [0.25, 0.3) is 0 Å². The van der Waals surface area contributed by atoms with Gasteiger partial charge in [-0.15, -0.1) is 11.3 Å². The molecule has 0 spiro atoms. The fourth-order valence-corrected chi connectivity index (χ4v) is 2.99. The summed E-state index contributed by atoms with van der Waals surface area (Å²) < 4.78 is 0.956. The molecule has 0 saturated heterocycles. The third kappa shape index (κ3) is 3.03. The number of halogens is 1. The van der Waals surface area contributed by atoms with E-state index < -0.39 is 0 Å². The lowest BCUT2D eigenvalue weighted by atomic mass is 10.1. The van der Waals surface area contributed by atoms with E-state index in [4.69, 9.17) is 0 Å². The highest BCUT2D eigenvalue weighted by Gasteiger charge is 2.11. The number of nitrogens with one attached hydrogen (secondary N) is 1. The second-order valence-electron chi connectivity index (χ2n) is 3.69. The average Bonchev–Trinajstić information content (AvgIpc) is 2.76. The van der Waals surface area contributed by atoms with Gasteiger partial charge in [0.15, 0.2) is 0 Å². The molecule has 1 N–H and O–H groups in total. The lowest BCUT2D eigenvalue weighted by Gasteiger charge is -2.03. The van der Waals surface area contributed by atoms with E-state index in [1.165, 1.54) is 11.3 Å². The number of ketones is 1. The highest BCUT2D eigenvalue weighted by molar-refractivity contribution is 9.10. The standard InChI is InChI=1S/C13H12BrNOS/c1-15-7-9-3-2-4-10(5-9)13(16)12-6-11(14)8-17-12/h2-6,8,15H,7H2,1H3. The van der Waals surface area contributed by atoms with Crippen LogP contribution in [0.15, 0.2) is 40.2 Å². The van der Waals surface area contributed by atoms with Crippen molar-refractivity contribution in [1.29, 1.82) is 0 Å². The molecule has 0 atom stereocenters. The summed E-state index contributed by atoms with van der Waals surface area (Å²) in [6.07, 6.45) is 0. The van der Waals surface area contributed by atoms with Gasteiger partial charge in [0.05, 0.1) is 4.88 Å². The second-order valence-corrected chi connectivity index (χ2v) is 5.52. The first-order valence-electron chi connectivity index (χ1n) is 5.23. The molecule has 0 radical (unpaired) electrons. The van der Waals surface area contributed by atoms with E-state index in [9.17, 15) is 4.79 Å². The van der Waals surface area contributed by atoms with Crippen molar-refractivity contribution in [3.8, 4) is 0 Å². The third-order valence-corrected chi connectivity index (χ3v) is 4.05. The Hall–Kier alpha value is -0.970. The van der Waals surface area contributed by atoms with Crippen LogP contribution in [0.4, 0.5) is 0 Å².